The van der Waals surface area contributed by atoms with Crippen molar-refractivity contribution in [2.24, 2.45) is 5.92 Å². The lowest BCUT2D eigenvalue weighted by Gasteiger charge is -2.21. The minimum absolute atomic E-state index is 0.315. The molecule has 14 heavy (non-hydrogen) atoms. The number of thioether (sulfide) groups is 1. The van der Waals surface area contributed by atoms with Gasteiger partial charge in [-0.15, -0.1) is 0 Å². The van der Waals surface area contributed by atoms with Crippen molar-refractivity contribution in [2.75, 3.05) is 11.5 Å². The van der Waals surface area contributed by atoms with Crippen LogP contribution in [0.3, 0.4) is 0 Å². The number of carboxylic acid groups (broad SMARTS) is 1. The van der Waals surface area contributed by atoms with E-state index in [1.165, 1.54) is 0 Å². The summed E-state index contributed by atoms with van der Waals surface area (Å²) >= 11 is 1.55. The van der Waals surface area contributed by atoms with E-state index in [4.69, 9.17) is 5.11 Å². The molecule has 0 radical (unpaired) electrons. The molecule has 0 aromatic carbocycles. The van der Waals surface area contributed by atoms with Crippen molar-refractivity contribution in [1.29, 1.82) is 0 Å². The molecule has 82 valence electrons. The van der Waals surface area contributed by atoms with Gasteiger partial charge in [0.2, 0.25) is 0 Å². The van der Waals surface area contributed by atoms with Crippen LogP contribution in [0, 0.1) is 5.92 Å². The van der Waals surface area contributed by atoms with Crippen LogP contribution in [0.1, 0.15) is 32.6 Å². The summed E-state index contributed by atoms with van der Waals surface area (Å²) < 4.78 is 0. The summed E-state index contributed by atoms with van der Waals surface area (Å²) in [6, 6.07) is 0. The van der Waals surface area contributed by atoms with Crippen molar-refractivity contribution < 1.29 is 15.0 Å². The highest BCUT2D eigenvalue weighted by molar-refractivity contribution is 7.99. The smallest absolute Gasteiger partial charge is 0.307 e. The fraction of sp³-hybridized carbons (Fsp3) is 0.900. The van der Waals surface area contributed by atoms with Gasteiger partial charge in [0.05, 0.1) is 11.5 Å². The Bertz CT molecular complexity index is 200. The highest BCUT2D eigenvalue weighted by Gasteiger charge is 2.30. The molecule has 3 nitrogen and oxygen atoms in total. The van der Waals surface area contributed by atoms with E-state index in [1.54, 1.807) is 18.7 Å². The van der Waals surface area contributed by atoms with Gasteiger partial charge < -0.3 is 10.2 Å². The molecule has 0 amide bonds. The first-order valence-corrected chi connectivity index (χ1v) is 6.22. The Balaban J connectivity index is 2.17. The standard InChI is InChI=1S/C10H18O3S/c1-8(9(11)12)6-14-7-10(13)4-2-3-5-10/h8,13H,2-7H2,1H3,(H,11,12). The van der Waals surface area contributed by atoms with Crippen LogP contribution >= 0.6 is 11.8 Å². The van der Waals surface area contributed by atoms with Crippen molar-refractivity contribution >= 4 is 17.7 Å². The zero-order valence-corrected chi connectivity index (χ0v) is 9.35. The van der Waals surface area contributed by atoms with Gasteiger partial charge in [0.25, 0.3) is 0 Å². The first-order valence-electron chi connectivity index (χ1n) is 5.06. The molecule has 1 atom stereocenters. The van der Waals surface area contributed by atoms with Crippen LogP contribution in [0.2, 0.25) is 0 Å². The maximum Gasteiger partial charge on any atom is 0.307 e. The Kier molecular flexibility index (Phi) is 4.26. The highest BCUT2D eigenvalue weighted by Crippen LogP contribution is 2.32. The lowest BCUT2D eigenvalue weighted by atomic mass is 10.1. The van der Waals surface area contributed by atoms with E-state index in [1.807, 2.05) is 0 Å². The Morgan fingerprint density at radius 1 is 1.50 bits per heavy atom. The Morgan fingerprint density at radius 3 is 2.57 bits per heavy atom. The Hall–Kier alpha value is -0.220. The van der Waals surface area contributed by atoms with Crippen LogP contribution in [0.5, 0.6) is 0 Å². The fourth-order valence-corrected chi connectivity index (χ4v) is 2.96. The summed E-state index contributed by atoms with van der Waals surface area (Å²) in [4.78, 5) is 10.5. The van der Waals surface area contributed by atoms with Crippen LogP contribution in [0.25, 0.3) is 0 Å². The number of rotatable bonds is 5. The van der Waals surface area contributed by atoms with E-state index < -0.39 is 11.6 Å². The largest absolute Gasteiger partial charge is 0.481 e. The van der Waals surface area contributed by atoms with Crippen molar-refractivity contribution in [1.82, 2.24) is 0 Å². The second-order valence-corrected chi connectivity index (χ2v) is 5.22. The van der Waals surface area contributed by atoms with Crippen LogP contribution in [0.4, 0.5) is 0 Å². The maximum absolute atomic E-state index is 10.5. The molecule has 0 saturated heterocycles. The molecule has 0 aromatic heterocycles. The molecular weight excluding hydrogens is 200 g/mol. The van der Waals surface area contributed by atoms with Gasteiger partial charge in [0, 0.05) is 11.5 Å². The van der Waals surface area contributed by atoms with Gasteiger partial charge in [-0.05, 0) is 12.8 Å². The van der Waals surface area contributed by atoms with Crippen LogP contribution < -0.4 is 0 Å². The van der Waals surface area contributed by atoms with Gasteiger partial charge >= 0.3 is 5.97 Å². The molecule has 4 heteroatoms. The van der Waals surface area contributed by atoms with E-state index in [0.717, 1.165) is 25.7 Å². The monoisotopic (exact) mass is 218 g/mol. The number of aliphatic carboxylic acids is 1. The summed E-state index contributed by atoms with van der Waals surface area (Å²) in [7, 11) is 0. The summed E-state index contributed by atoms with van der Waals surface area (Å²) in [6.07, 6.45) is 3.96. The molecule has 1 rings (SSSR count). The van der Waals surface area contributed by atoms with E-state index >= 15 is 0 Å². The fourth-order valence-electron chi connectivity index (χ4n) is 1.67. The average Bonchev–Trinajstić information content (AvgIpc) is 2.52. The molecule has 1 aliphatic rings. The maximum atomic E-state index is 10.5. The number of carbonyl (C=O) groups is 1. The Labute approximate surface area is 88.9 Å². The summed E-state index contributed by atoms with van der Waals surface area (Å²) in [6.45, 7) is 1.70. The lowest BCUT2D eigenvalue weighted by molar-refractivity contribution is -0.140. The van der Waals surface area contributed by atoms with Gasteiger partial charge in [-0.1, -0.05) is 19.8 Å². The summed E-state index contributed by atoms with van der Waals surface area (Å²) in [5.74, 6) is 0.211. The molecule has 1 unspecified atom stereocenters. The quantitative estimate of drug-likeness (QED) is 0.738. The molecule has 0 aromatic rings. The predicted octanol–water partition coefficient (Wildman–Crippen LogP) is 1.75. The van der Waals surface area contributed by atoms with E-state index in [2.05, 4.69) is 0 Å². The molecule has 0 heterocycles. The van der Waals surface area contributed by atoms with Crippen molar-refractivity contribution in [3.63, 3.8) is 0 Å². The Morgan fingerprint density at radius 2 is 2.07 bits per heavy atom. The molecule has 2 N–H and O–H groups in total. The zero-order valence-electron chi connectivity index (χ0n) is 8.53. The second-order valence-electron chi connectivity index (χ2n) is 4.19. The predicted molar refractivity (Wildman–Crippen MR) is 57.5 cm³/mol. The van der Waals surface area contributed by atoms with E-state index in [0.29, 0.717) is 11.5 Å². The number of hydrogen-bond donors (Lipinski definition) is 2. The van der Waals surface area contributed by atoms with Gasteiger partial charge in [0.15, 0.2) is 0 Å². The molecular formula is C10H18O3S. The van der Waals surface area contributed by atoms with Crippen LogP contribution in [-0.4, -0.2) is 33.3 Å². The molecule has 1 aliphatic carbocycles. The molecule has 1 fully saturated rings. The van der Waals surface area contributed by atoms with Crippen LogP contribution in [-0.2, 0) is 4.79 Å². The third-order valence-electron chi connectivity index (χ3n) is 2.69. The molecule has 0 aliphatic heterocycles. The number of hydrogen-bond acceptors (Lipinski definition) is 3. The van der Waals surface area contributed by atoms with Gasteiger partial charge in [-0.3, -0.25) is 4.79 Å². The second kappa shape index (κ2) is 5.03. The van der Waals surface area contributed by atoms with E-state index in [-0.39, 0.29) is 5.92 Å². The van der Waals surface area contributed by atoms with Gasteiger partial charge in [0.1, 0.15) is 0 Å². The summed E-state index contributed by atoms with van der Waals surface area (Å²) in [5.41, 5.74) is -0.511. The third kappa shape index (κ3) is 3.50. The average molecular weight is 218 g/mol. The van der Waals surface area contributed by atoms with E-state index in [9.17, 15) is 9.90 Å². The number of carboxylic acids is 1. The minimum Gasteiger partial charge on any atom is -0.481 e. The van der Waals surface area contributed by atoms with Crippen molar-refractivity contribution in [3.05, 3.63) is 0 Å². The van der Waals surface area contributed by atoms with Crippen LogP contribution in [0.15, 0.2) is 0 Å². The zero-order chi connectivity index (χ0) is 10.6. The summed E-state index contributed by atoms with van der Waals surface area (Å²) in [5, 5.41) is 18.6. The van der Waals surface area contributed by atoms with Gasteiger partial charge in [-0.25, -0.2) is 0 Å². The van der Waals surface area contributed by atoms with Crippen molar-refractivity contribution in [2.45, 2.75) is 38.2 Å². The first-order chi connectivity index (χ1) is 6.53. The molecule has 0 spiro atoms. The normalized spacial score (nSPS) is 22.1. The lowest BCUT2D eigenvalue weighted by Crippen LogP contribution is -2.28. The number of aliphatic hydroxyl groups is 1. The first kappa shape index (κ1) is 11.9. The third-order valence-corrected chi connectivity index (χ3v) is 4.17. The van der Waals surface area contributed by atoms with Gasteiger partial charge in [-0.2, -0.15) is 11.8 Å². The topological polar surface area (TPSA) is 57.5 Å². The van der Waals surface area contributed by atoms with Crippen molar-refractivity contribution in [3.8, 4) is 0 Å². The highest BCUT2D eigenvalue weighted by atomic mass is 32.2. The minimum atomic E-state index is -0.754. The molecule has 0 bridgehead atoms. The SMILES string of the molecule is CC(CSCC1(O)CCCC1)C(=O)O. The molecule has 1 saturated carbocycles.